The summed E-state index contributed by atoms with van der Waals surface area (Å²) in [5, 5.41) is 14.3. The van der Waals surface area contributed by atoms with Crippen LogP contribution in [-0.2, 0) is 11.3 Å². The summed E-state index contributed by atoms with van der Waals surface area (Å²) < 4.78 is 15.8. The van der Waals surface area contributed by atoms with Gasteiger partial charge in [0.25, 0.3) is 11.6 Å². The number of non-ortho nitro benzene ring substituents is 1. The number of nitrogens with zero attached hydrogens (tertiary/aromatic N) is 3. The molecule has 0 saturated carbocycles. The van der Waals surface area contributed by atoms with E-state index < -0.39 is 4.92 Å². The third-order valence-electron chi connectivity index (χ3n) is 2.67. The van der Waals surface area contributed by atoms with E-state index in [0.29, 0.717) is 24.1 Å². The number of hydrogen-bond donors (Lipinski definition) is 0. The minimum absolute atomic E-state index is 0.00738. The summed E-state index contributed by atoms with van der Waals surface area (Å²) in [6, 6.07) is 5.76. The second-order valence-electron chi connectivity index (χ2n) is 4.18. The largest absolute Gasteiger partial charge is 0.484 e. The minimum atomic E-state index is -0.469. The maximum absolute atomic E-state index is 10.5. The molecule has 21 heavy (non-hydrogen) atoms. The molecule has 1 unspecified atom stereocenters. The van der Waals surface area contributed by atoms with Gasteiger partial charge in [-0.25, -0.2) is 0 Å². The lowest BCUT2D eigenvalue weighted by molar-refractivity contribution is -0.384. The smallest absolute Gasteiger partial charge is 0.269 e. The molecule has 0 amide bonds. The van der Waals surface area contributed by atoms with E-state index in [-0.39, 0.29) is 18.4 Å². The Morgan fingerprint density at radius 2 is 2.10 bits per heavy atom. The number of benzene rings is 1. The molecule has 0 aliphatic rings. The highest BCUT2D eigenvalue weighted by Crippen LogP contribution is 2.19. The minimum Gasteiger partial charge on any atom is -0.484 e. The Morgan fingerprint density at radius 3 is 2.71 bits per heavy atom. The first-order valence-electron chi connectivity index (χ1n) is 6.41. The van der Waals surface area contributed by atoms with E-state index in [4.69, 9.17) is 14.0 Å². The van der Waals surface area contributed by atoms with Crippen molar-refractivity contribution >= 4 is 5.69 Å². The van der Waals surface area contributed by atoms with Crippen molar-refractivity contribution in [3.8, 4) is 5.75 Å². The summed E-state index contributed by atoms with van der Waals surface area (Å²) in [4.78, 5) is 14.2. The fourth-order valence-electron chi connectivity index (χ4n) is 1.63. The average molecular weight is 293 g/mol. The first-order chi connectivity index (χ1) is 10.1. The van der Waals surface area contributed by atoms with Gasteiger partial charge in [0.1, 0.15) is 11.9 Å². The second-order valence-corrected chi connectivity index (χ2v) is 4.18. The molecule has 2 rings (SSSR count). The highest BCUT2D eigenvalue weighted by molar-refractivity contribution is 5.35. The SMILES string of the molecule is CCOC(C)c1noc(COc2ccc([N+](=O)[O-])cc2)n1. The number of hydrogen-bond acceptors (Lipinski definition) is 7. The molecule has 2 aromatic rings. The summed E-state index contributed by atoms with van der Waals surface area (Å²) >= 11 is 0. The van der Waals surface area contributed by atoms with E-state index in [1.807, 2.05) is 13.8 Å². The molecule has 112 valence electrons. The Labute approximate surface area is 120 Å². The van der Waals surface area contributed by atoms with Gasteiger partial charge >= 0.3 is 0 Å². The predicted molar refractivity (Wildman–Crippen MR) is 71.8 cm³/mol. The Hall–Kier alpha value is -2.48. The van der Waals surface area contributed by atoms with Gasteiger partial charge in [0.05, 0.1) is 4.92 Å². The lowest BCUT2D eigenvalue weighted by Crippen LogP contribution is -2.02. The van der Waals surface area contributed by atoms with Gasteiger partial charge in [0.15, 0.2) is 12.4 Å². The third-order valence-corrected chi connectivity index (χ3v) is 2.67. The van der Waals surface area contributed by atoms with Crippen molar-refractivity contribution in [2.24, 2.45) is 0 Å². The molecule has 8 heteroatoms. The van der Waals surface area contributed by atoms with Crippen molar-refractivity contribution in [3.63, 3.8) is 0 Å². The monoisotopic (exact) mass is 293 g/mol. The van der Waals surface area contributed by atoms with Crippen LogP contribution in [0.1, 0.15) is 31.7 Å². The number of ether oxygens (including phenoxy) is 2. The van der Waals surface area contributed by atoms with Crippen molar-refractivity contribution < 1.29 is 18.9 Å². The summed E-state index contributed by atoms with van der Waals surface area (Å²) in [6.07, 6.45) is -0.244. The van der Waals surface area contributed by atoms with E-state index in [1.165, 1.54) is 24.3 Å². The lowest BCUT2D eigenvalue weighted by atomic mass is 10.3. The van der Waals surface area contributed by atoms with Crippen molar-refractivity contribution in [2.75, 3.05) is 6.61 Å². The van der Waals surface area contributed by atoms with Crippen LogP contribution in [0.4, 0.5) is 5.69 Å². The highest BCUT2D eigenvalue weighted by atomic mass is 16.6. The fraction of sp³-hybridized carbons (Fsp3) is 0.385. The number of aromatic nitrogens is 2. The van der Waals surface area contributed by atoms with Crippen LogP contribution >= 0.6 is 0 Å². The van der Waals surface area contributed by atoms with Crippen LogP contribution in [0.2, 0.25) is 0 Å². The molecule has 1 heterocycles. The van der Waals surface area contributed by atoms with E-state index in [1.54, 1.807) is 0 Å². The zero-order valence-corrected chi connectivity index (χ0v) is 11.7. The molecule has 0 fully saturated rings. The van der Waals surface area contributed by atoms with Crippen LogP contribution in [0.15, 0.2) is 28.8 Å². The third kappa shape index (κ3) is 3.99. The van der Waals surface area contributed by atoms with Crippen molar-refractivity contribution in [2.45, 2.75) is 26.6 Å². The van der Waals surface area contributed by atoms with Gasteiger partial charge in [0, 0.05) is 18.7 Å². The molecular weight excluding hydrogens is 278 g/mol. The zero-order valence-electron chi connectivity index (χ0n) is 11.7. The van der Waals surface area contributed by atoms with Crippen LogP contribution in [0.3, 0.4) is 0 Å². The molecule has 0 N–H and O–H groups in total. The van der Waals surface area contributed by atoms with Crippen LogP contribution in [0.5, 0.6) is 5.75 Å². The molecule has 0 radical (unpaired) electrons. The maximum Gasteiger partial charge on any atom is 0.269 e. The number of nitro benzene ring substituents is 1. The van der Waals surface area contributed by atoms with Crippen LogP contribution in [0.25, 0.3) is 0 Å². The quantitative estimate of drug-likeness (QED) is 0.571. The summed E-state index contributed by atoms with van der Waals surface area (Å²) in [5.74, 6) is 1.26. The summed E-state index contributed by atoms with van der Waals surface area (Å²) in [7, 11) is 0. The van der Waals surface area contributed by atoms with E-state index in [0.717, 1.165) is 0 Å². The topological polar surface area (TPSA) is 101 Å². The molecular formula is C13H15N3O5. The molecule has 1 aromatic carbocycles. The number of nitro groups is 1. The zero-order chi connectivity index (χ0) is 15.2. The van der Waals surface area contributed by atoms with Crippen molar-refractivity contribution in [1.29, 1.82) is 0 Å². The lowest BCUT2D eigenvalue weighted by Gasteiger charge is -2.05. The maximum atomic E-state index is 10.5. The first kappa shape index (κ1) is 14.9. The van der Waals surface area contributed by atoms with Gasteiger partial charge < -0.3 is 14.0 Å². The van der Waals surface area contributed by atoms with E-state index >= 15 is 0 Å². The van der Waals surface area contributed by atoms with E-state index in [9.17, 15) is 10.1 Å². The molecule has 0 aliphatic heterocycles. The Kier molecular flexibility index (Phi) is 4.83. The first-order valence-corrected chi connectivity index (χ1v) is 6.41. The summed E-state index contributed by atoms with van der Waals surface area (Å²) in [5.41, 5.74) is 0.00738. The van der Waals surface area contributed by atoms with Gasteiger partial charge in [-0.15, -0.1) is 0 Å². The predicted octanol–water partition coefficient (Wildman–Crippen LogP) is 2.65. The molecule has 0 bridgehead atoms. The Morgan fingerprint density at radius 1 is 1.38 bits per heavy atom. The van der Waals surface area contributed by atoms with Crippen LogP contribution < -0.4 is 4.74 Å². The molecule has 1 atom stereocenters. The average Bonchev–Trinajstić information content (AvgIpc) is 2.95. The van der Waals surface area contributed by atoms with E-state index in [2.05, 4.69) is 10.1 Å². The standard InChI is InChI=1S/C13H15N3O5/c1-3-19-9(2)13-14-12(21-15-13)8-20-11-6-4-10(5-7-11)16(17)18/h4-7,9H,3,8H2,1-2H3. The highest BCUT2D eigenvalue weighted by Gasteiger charge is 2.14. The molecule has 1 aromatic heterocycles. The molecule has 8 nitrogen and oxygen atoms in total. The van der Waals surface area contributed by atoms with Gasteiger partial charge in [0.2, 0.25) is 0 Å². The Bertz CT molecular complexity index is 596. The Balaban J connectivity index is 1.92. The van der Waals surface area contributed by atoms with Gasteiger partial charge in [-0.3, -0.25) is 10.1 Å². The molecule has 0 aliphatic carbocycles. The van der Waals surface area contributed by atoms with Crippen molar-refractivity contribution in [3.05, 3.63) is 46.1 Å². The summed E-state index contributed by atoms with van der Waals surface area (Å²) in [6.45, 7) is 4.36. The molecule has 0 saturated heterocycles. The van der Waals surface area contributed by atoms with Crippen LogP contribution in [-0.4, -0.2) is 21.7 Å². The fourth-order valence-corrected chi connectivity index (χ4v) is 1.63. The van der Waals surface area contributed by atoms with Gasteiger partial charge in [-0.1, -0.05) is 5.16 Å². The second kappa shape index (κ2) is 6.80. The number of rotatable bonds is 7. The van der Waals surface area contributed by atoms with Crippen LogP contribution in [0, 0.1) is 10.1 Å². The molecule has 0 spiro atoms. The van der Waals surface area contributed by atoms with Gasteiger partial charge in [-0.2, -0.15) is 4.98 Å². The van der Waals surface area contributed by atoms with Gasteiger partial charge in [-0.05, 0) is 26.0 Å². The normalized spacial score (nSPS) is 12.1. The van der Waals surface area contributed by atoms with Crippen molar-refractivity contribution in [1.82, 2.24) is 10.1 Å².